The van der Waals surface area contributed by atoms with Crippen LogP contribution in [0.3, 0.4) is 0 Å². The van der Waals surface area contributed by atoms with Gasteiger partial charge in [0.05, 0.1) is 12.0 Å². The fraction of sp³-hybridized carbons (Fsp3) is 0.429. The molecule has 2 rings (SSSR count). The topological polar surface area (TPSA) is 59.2 Å². The van der Waals surface area contributed by atoms with E-state index in [1.165, 1.54) is 12.1 Å². The molecule has 1 heterocycles. The van der Waals surface area contributed by atoms with Crippen LogP contribution in [0.25, 0.3) is 11.4 Å². The lowest BCUT2D eigenvalue weighted by atomic mass is 9.91. The van der Waals surface area contributed by atoms with E-state index in [9.17, 15) is 9.50 Å². The minimum atomic E-state index is -0.583. The highest BCUT2D eigenvalue weighted by Gasteiger charge is 2.27. The minimum absolute atomic E-state index is 0.167. The highest BCUT2D eigenvalue weighted by atomic mass is 79.9. The molecule has 1 aromatic heterocycles. The monoisotopic (exact) mass is 342 g/mol. The van der Waals surface area contributed by atoms with Crippen molar-refractivity contribution >= 4 is 15.9 Å². The number of hydrogen-bond acceptors (Lipinski definition) is 4. The SMILES string of the molecule is CC(C)C(c1nc(-c2ccc(F)cc2Br)no1)C(C)O. The lowest BCUT2D eigenvalue weighted by Crippen LogP contribution is -2.20. The molecular weight excluding hydrogens is 327 g/mol. The first-order valence-electron chi connectivity index (χ1n) is 6.37. The Morgan fingerprint density at radius 3 is 2.55 bits per heavy atom. The van der Waals surface area contributed by atoms with E-state index in [4.69, 9.17) is 4.52 Å². The Bertz CT molecular complexity index is 591. The van der Waals surface area contributed by atoms with Crippen molar-refractivity contribution in [3.8, 4) is 11.4 Å². The Kier molecular flexibility index (Phi) is 4.55. The number of hydrogen-bond donors (Lipinski definition) is 1. The van der Waals surface area contributed by atoms with Gasteiger partial charge in [-0.1, -0.05) is 19.0 Å². The lowest BCUT2D eigenvalue weighted by Gasteiger charge is -2.19. The molecule has 4 nitrogen and oxygen atoms in total. The Labute approximate surface area is 125 Å². The standard InChI is InChI=1S/C14H16BrFN2O2/c1-7(2)12(8(3)19)14-17-13(18-20-14)10-5-4-9(16)6-11(10)15/h4-8,12,19H,1-3H3. The number of nitrogens with zero attached hydrogens (tertiary/aromatic N) is 2. The van der Waals surface area contributed by atoms with E-state index in [0.717, 1.165) is 0 Å². The van der Waals surface area contributed by atoms with E-state index in [1.54, 1.807) is 13.0 Å². The summed E-state index contributed by atoms with van der Waals surface area (Å²) in [6, 6.07) is 4.27. The summed E-state index contributed by atoms with van der Waals surface area (Å²) in [5, 5.41) is 13.7. The van der Waals surface area contributed by atoms with Gasteiger partial charge in [-0.2, -0.15) is 4.98 Å². The number of halogens is 2. The normalized spacial score (nSPS) is 14.6. The van der Waals surface area contributed by atoms with Crippen molar-refractivity contribution in [1.82, 2.24) is 10.1 Å². The largest absolute Gasteiger partial charge is 0.393 e. The molecule has 0 aliphatic carbocycles. The molecule has 2 atom stereocenters. The molecule has 1 aromatic carbocycles. The predicted molar refractivity (Wildman–Crippen MR) is 76.7 cm³/mol. The average Bonchev–Trinajstić information content (AvgIpc) is 2.76. The second kappa shape index (κ2) is 6.01. The van der Waals surface area contributed by atoms with Crippen LogP contribution >= 0.6 is 15.9 Å². The Morgan fingerprint density at radius 2 is 2.00 bits per heavy atom. The Balaban J connectivity index is 2.37. The third kappa shape index (κ3) is 3.07. The molecule has 6 heteroatoms. The second-order valence-electron chi connectivity index (χ2n) is 5.09. The Morgan fingerprint density at radius 1 is 1.30 bits per heavy atom. The first-order valence-corrected chi connectivity index (χ1v) is 7.16. The van der Waals surface area contributed by atoms with Crippen LogP contribution in [0, 0.1) is 11.7 Å². The third-order valence-corrected chi connectivity index (χ3v) is 3.79. The number of benzene rings is 1. The van der Waals surface area contributed by atoms with Gasteiger partial charge >= 0.3 is 0 Å². The predicted octanol–water partition coefficient (Wildman–Crippen LogP) is 3.76. The minimum Gasteiger partial charge on any atom is -0.393 e. The van der Waals surface area contributed by atoms with Crippen LogP contribution < -0.4 is 0 Å². The van der Waals surface area contributed by atoms with Gasteiger partial charge in [-0.3, -0.25) is 0 Å². The molecule has 0 saturated carbocycles. The highest BCUT2D eigenvalue weighted by molar-refractivity contribution is 9.10. The van der Waals surface area contributed by atoms with Crippen molar-refractivity contribution in [3.63, 3.8) is 0 Å². The maximum Gasteiger partial charge on any atom is 0.232 e. The molecule has 0 aliphatic heterocycles. The first kappa shape index (κ1) is 15.1. The van der Waals surface area contributed by atoms with Crippen molar-refractivity contribution < 1.29 is 14.0 Å². The molecule has 0 amide bonds. The molecule has 0 aliphatic rings. The van der Waals surface area contributed by atoms with Crippen molar-refractivity contribution in [2.75, 3.05) is 0 Å². The molecule has 108 valence electrons. The second-order valence-corrected chi connectivity index (χ2v) is 5.95. The summed E-state index contributed by atoms with van der Waals surface area (Å²) in [6.45, 7) is 5.66. The van der Waals surface area contributed by atoms with Gasteiger partial charge in [-0.15, -0.1) is 0 Å². The summed E-state index contributed by atoms with van der Waals surface area (Å²) in [5.41, 5.74) is 0.648. The van der Waals surface area contributed by atoms with Crippen molar-refractivity contribution in [2.24, 2.45) is 5.92 Å². The van der Waals surface area contributed by atoms with Gasteiger partial charge in [-0.05, 0) is 47.0 Å². The van der Waals surface area contributed by atoms with Crippen molar-refractivity contribution in [3.05, 3.63) is 34.4 Å². The fourth-order valence-corrected chi connectivity index (χ4v) is 2.73. The zero-order chi connectivity index (χ0) is 14.9. The van der Waals surface area contributed by atoms with E-state index >= 15 is 0 Å². The number of aromatic nitrogens is 2. The summed E-state index contributed by atoms with van der Waals surface area (Å²) >= 11 is 3.28. The number of aliphatic hydroxyl groups is 1. The van der Waals surface area contributed by atoms with Crippen LogP contribution in [0.4, 0.5) is 4.39 Å². The smallest absolute Gasteiger partial charge is 0.232 e. The molecular formula is C14H16BrFN2O2. The van der Waals surface area contributed by atoms with Crippen LogP contribution in [0.15, 0.2) is 27.2 Å². The summed E-state index contributed by atoms with van der Waals surface area (Å²) in [6.07, 6.45) is -0.583. The van der Waals surface area contributed by atoms with E-state index in [0.29, 0.717) is 21.8 Å². The summed E-state index contributed by atoms with van der Waals surface area (Å²) in [7, 11) is 0. The van der Waals surface area contributed by atoms with Crippen LogP contribution in [0.1, 0.15) is 32.6 Å². The van der Waals surface area contributed by atoms with E-state index < -0.39 is 6.10 Å². The van der Waals surface area contributed by atoms with Gasteiger partial charge in [0.15, 0.2) is 0 Å². The molecule has 0 spiro atoms. The molecule has 2 unspecified atom stereocenters. The molecule has 0 saturated heterocycles. The van der Waals surface area contributed by atoms with Gasteiger partial charge in [0.1, 0.15) is 5.82 Å². The Hall–Kier alpha value is -1.27. The maximum absolute atomic E-state index is 13.1. The van der Waals surface area contributed by atoms with E-state index in [2.05, 4.69) is 26.1 Å². The van der Waals surface area contributed by atoms with Crippen molar-refractivity contribution in [2.45, 2.75) is 32.8 Å². The van der Waals surface area contributed by atoms with Gasteiger partial charge < -0.3 is 9.63 Å². The summed E-state index contributed by atoms with van der Waals surface area (Å²) in [5.74, 6) is 0.364. The summed E-state index contributed by atoms with van der Waals surface area (Å²) < 4.78 is 18.9. The summed E-state index contributed by atoms with van der Waals surface area (Å²) in [4.78, 5) is 4.32. The van der Waals surface area contributed by atoms with Crippen LogP contribution in [-0.4, -0.2) is 21.4 Å². The quantitative estimate of drug-likeness (QED) is 0.918. The van der Waals surface area contributed by atoms with Crippen LogP contribution in [0.5, 0.6) is 0 Å². The lowest BCUT2D eigenvalue weighted by molar-refractivity contribution is 0.120. The van der Waals surface area contributed by atoms with Gasteiger partial charge in [-0.25, -0.2) is 4.39 Å². The number of aliphatic hydroxyl groups excluding tert-OH is 1. The maximum atomic E-state index is 13.1. The average molecular weight is 343 g/mol. The third-order valence-electron chi connectivity index (χ3n) is 3.14. The van der Waals surface area contributed by atoms with Crippen LogP contribution in [-0.2, 0) is 0 Å². The first-order chi connectivity index (χ1) is 9.40. The van der Waals surface area contributed by atoms with Gasteiger partial charge in [0, 0.05) is 10.0 Å². The zero-order valence-electron chi connectivity index (χ0n) is 11.5. The number of rotatable bonds is 4. The highest BCUT2D eigenvalue weighted by Crippen LogP contribution is 2.31. The zero-order valence-corrected chi connectivity index (χ0v) is 13.1. The molecule has 0 bridgehead atoms. The van der Waals surface area contributed by atoms with Crippen LogP contribution in [0.2, 0.25) is 0 Å². The van der Waals surface area contributed by atoms with Gasteiger partial charge in [0.25, 0.3) is 0 Å². The molecule has 0 fully saturated rings. The van der Waals surface area contributed by atoms with Gasteiger partial charge in [0.2, 0.25) is 11.7 Å². The fourth-order valence-electron chi connectivity index (χ4n) is 2.20. The molecule has 2 aromatic rings. The van der Waals surface area contributed by atoms with E-state index in [-0.39, 0.29) is 17.7 Å². The molecule has 20 heavy (non-hydrogen) atoms. The molecule has 1 N–H and O–H groups in total. The van der Waals surface area contributed by atoms with Crippen molar-refractivity contribution in [1.29, 1.82) is 0 Å². The van der Waals surface area contributed by atoms with E-state index in [1.807, 2.05) is 13.8 Å². The molecule has 0 radical (unpaired) electrons.